The summed E-state index contributed by atoms with van der Waals surface area (Å²) in [6.45, 7) is -0.695. The molecule has 0 saturated carbocycles. The quantitative estimate of drug-likeness (QED) is 0.244. The zero-order chi connectivity index (χ0) is 32.2. The Morgan fingerprint density at radius 3 is 2.51 bits per heavy atom. The minimum atomic E-state index is -3.81. The number of amides is 1. The predicted molar refractivity (Wildman–Crippen MR) is 169 cm³/mol. The largest absolute Gasteiger partial charge is 0.455 e. The zero-order valence-corrected chi connectivity index (χ0v) is 25.4. The smallest absolute Gasteiger partial charge is 0.278 e. The van der Waals surface area contributed by atoms with Crippen LogP contribution in [-0.4, -0.2) is 49.2 Å². The molecule has 3 heterocycles. The molecule has 2 N–H and O–H groups in total. The third-order valence-electron chi connectivity index (χ3n) is 7.70. The molecule has 0 unspecified atom stereocenters. The van der Waals surface area contributed by atoms with Gasteiger partial charge in [0.1, 0.15) is 23.8 Å². The number of anilines is 1. The molecule has 0 radical (unpaired) electrons. The van der Waals surface area contributed by atoms with E-state index in [4.69, 9.17) is 4.42 Å². The van der Waals surface area contributed by atoms with Crippen molar-refractivity contribution in [1.29, 1.82) is 0 Å². The fourth-order valence-electron chi connectivity index (χ4n) is 5.30. The van der Waals surface area contributed by atoms with Crippen LogP contribution in [0.2, 0.25) is 0 Å². The second-order valence-electron chi connectivity index (χ2n) is 10.6. The number of nitrogens with one attached hydrogen (secondary N) is 2. The summed E-state index contributed by atoms with van der Waals surface area (Å²) in [5, 5.41) is 3.54. The fourth-order valence-corrected chi connectivity index (χ4v) is 5.81. The molecule has 45 heavy (non-hydrogen) atoms. The average Bonchev–Trinajstić information content (AvgIpc) is 3.62. The summed E-state index contributed by atoms with van der Waals surface area (Å²) in [5.74, 6) is -0.799. The monoisotopic (exact) mass is 631 g/mol. The summed E-state index contributed by atoms with van der Waals surface area (Å²) in [6.07, 6.45) is 2.50. The number of alkyl halides is 1. The SMILES string of the molecule is CNC(=O)c1c(-c2ccc(F)cc2)oc2cc(N(C)S(C)(=O)=O)c(-c3cn(C)c(=O)c(-c4cc5c(CF)cccc5[nH]4)n3)cc12. The van der Waals surface area contributed by atoms with Gasteiger partial charge in [0.2, 0.25) is 10.0 Å². The topological polar surface area (TPSA) is 130 Å². The number of rotatable bonds is 7. The van der Waals surface area contributed by atoms with Gasteiger partial charge in [0.25, 0.3) is 11.5 Å². The maximum absolute atomic E-state index is 13.7. The lowest BCUT2D eigenvalue weighted by Crippen LogP contribution is -2.26. The average molecular weight is 632 g/mol. The second-order valence-corrected chi connectivity index (χ2v) is 12.6. The molecule has 0 aliphatic rings. The number of furan rings is 1. The third-order valence-corrected chi connectivity index (χ3v) is 8.90. The summed E-state index contributed by atoms with van der Waals surface area (Å²) < 4.78 is 61.4. The van der Waals surface area contributed by atoms with Crippen LogP contribution in [0, 0.1) is 5.82 Å². The van der Waals surface area contributed by atoms with E-state index in [1.54, 1.807) is 30.3 Å². The number of H-pyrrole nitrogens is 1. The predicted octanol–water partition coefficient (Wildman–Crippen LogP) is 5.37. The molecular weight excluding hydrogens is 604 g/mol. The van der Waals surface area contributed by atoms with Crippen LogP contribution in [0.25, 0.3) is 55.8 Å². The van der Waals surface area contributed by atoms with E-state index in [9.17, 15) is 26.8 Å². The van der Waals surface area contributed by atoms with Crippen molar-refractivity contribution in [3.8, 4) is 34.0 Å². The number of fused-ring (bicyclic) bond motifs is 2. The Bertz CT molecular complexity index is 2310. The Morgan fingerprint density at radius 2 is 1.84 bits per heavy atom. The maximum atomic E-state index is 13.7. The number of carbonyl (C=O) groups excluding carboxylic acids is 1. The molecule has 3 aromatic heterocycles. The summed E-state index contributed by atoms with van der Waals surface area (Å²) in [5.41, 5.74) is 2.44. The maximum Gasteiger partial charge on any atom is 0.278 e. The molecule has 10 nitrogen and oxygen atoms in total. The van der Waals surface area contributed by atoms with Crippen molar-refractivity contribution >= 4 is 43.5 Å². The molecule has 0 saturated heterocycles. The molecule has 0 bridgehead atoms. The van der Waals surface area contributed by atoms with Crippen molar-refractivity contribution < 1.29 is 26.4 Å². The number of benzene rings is 3. The van der Waals surface area contributed by atoms with Gasteiger partial charge in [-0.2, -0.15) is 0 Å². The van der Waals surface area contributed by atoms with Gasteiger partial charge >= 0.3 is 0 Å². The minimum absolute atomic E-state index is 0.0229. The molecule has 13 heteroatoms. The lowest BCUT2D eigenvalue weighted by molar-refractivity contribution is 0.0964. The fraction of sp³-hybridized carbons (Fsp3) is 0.156. The van der Waals surface area contributed by atoms with Gasteiger partial charge in [-0.1, -0.05) is 12.1 Å². The van der Waals surface area contributed by atoms with Gasteiger partial charge in [0, 0.05) is 60.8 Å². The Balaban J connectivity index is 1.65. The van der Waals surface area contributed by atoms with E-state index in [1.165, 1.54) is 62.2 Å². The number of sulfonamides is 1. The van der Waals surface area contributed by atoms with Crippen molar-refractivity contribution in [2.24, 2.45) is 7.05 Å². The van der Waals surface area contributed by atoms with Gasteiger partial charge in [-0.3, -0.25) is 13.9 Å². The first-order valence-corrected chi connectivity index (χ1v) is 15.5. The summed E-state index contributed by atoms with van der Waals surface area (Å²) >= 11 is 0. The Morgan fingerprint density at radius 1 is 1.11 bits per heavy atom. The lowest BCUT2D eigenvalue weighted by Gasteiger charge is -2.20. The number of nitrogens with zero attached hydrogens (tertiary/aromatic N) is 3. The molecule has 1 amide bonds. The van der Waals surface area contributed by atoms with E-state index in [1.807, 2.05) is 0 Å². The first-order valence-electron chi connectivity index (χ1n) is 13.7. The molecule has 0 spiro atoms. The first kappa shape index (κ1) is 29.8. The van der Waals surface area contributed by atoms with E-state index >= 15 is 0 Å². The normalized spacial score (nSPS) is 11.8. The van der Waals surface area contributed by atoms with Crippen LogP contribution in [0.1, 0.15) is 15.9 Å². The molecular formula is C32H27F2N5O5S. The molecule has 0 aliphatic heterocycles. The van der Waals surface area contributed by atoms with Crippen LogP contribution >= 0.6 is 0 Å². The number of halogens is 2. The van der Waals surface area contributed by atoms with E-state index < -0.39 is 34.0 Å². The molecule has 0 aliphatic carbocycles. The van der Waals surface area contributed by atoms with Gasteiger partial charge in [-0.15, -0.1) is 0 Å². The van der Waals surface area contributed by atoms with Crippen LogP contribution in [-0.2, 0) is 23.7 Å². The second kappa shape index (κ2) is 11.0. The van der Waals surface area contributed by atoms with Crippen molar-refractivity contribution in [2.45, 2.75) is 6.67 Å². The Kier molecular flexibility index (Phi) is 7.28. The number of hydrogen-bond donors (Lipinski definition) is 2. The van der Waals surface area contributed by atoms with Gasteiger partial charge < -0.3 is 19.3 Å². The third kappa shape index (κ3) is 5.14. The standard InChI is InChI=1S/C32H27F2N5O5S/c1-35-31(40)28-22-12-21(26(39(3)45(4,42)43)14-27(22)44-30(28)17-8-10-19(34)11-9-17)25-16-38(2)32(41)29(37-25)24-13-20-18(15-33)6-5-7-23(20)36-24/h5-14,16,36H,15H2,1-4H3,(H,35,40). The summed E-state index contributed by atoms with van der Waals surface area (Å²) in [4.78, 5) is 34.4. The highest BCUT2D eigenvalue weighted by molar-refractivity contribution is 7.92. The van der Waals surface area contributed by atoms with Gasteiger partial charge in [0.05, 0.1) is 28.9 Å². The van der Waals surface area contributed by atoms with E-state index in [2.05, 4.69) is 15.3 Å². The molecule has 6 aromatic rings. The first-order chi connectivity index (χ1) is 21.4. The van der Waals surface area contributed by atoms with Gasteiger partial charge in [-0.25, -0.2) is 22.2 Å². The van der Waals surface area contributed by atoms with Gasteiger partial charge in [0.15, 0.2) is 5.69 Å². The number of aromatic nitrogens is 3. The highest BCUT2D eigenvalue weighted by Crippen LogP contribution is 2.41. The van der Waals surface area contributed by atoms with Crippen LogP contribution in [0.4, 0.5) is 14.5 Å². The highest BCUT2D eigenvalue weighted by atomic mass is 32.2. The van der Waals surface area contributed by atoms with Crippen LogP contribution in [0.15, 0.2) is 76.1 Å². The Labute approximate surface area is 256 Å². The van der Waals surface area contributed by atoms with Crippen molar-refractivity contribution in [3.63, 3.8) is 0 Å². The number of aromatic amines is 1. The van der Waals surface area contributed by atoms with E-state index in [0.717, 1.165) is 10.6 Å². The molecule has 0 fully saturated rings. The number of carbonyl (C=O) groups is 1. The van der Waals surface area contributed by atoms with Crippen LogP contribution < -0.4 is 15.2 Å². The Hall–Kier alpha value is -5.30. The van der Waals surface area contributed by atoms with Gasteiger partial charge in [-0.05, 0) is 48.0 Å². The van der Waals surface area contributed by atoms with E-state index in [0.29, 0.717) is 33.1 Å². The van der Waals surface area contributed by atoms with E-state index in [-0.39, 0.29) is 39.5 Å². The van der Waals surface area contributed by atoms with Crippen molar-refractivity contribution in [3.05, 3.63) is 94.2 Å². The molecule has 230 valence electrons. The molecule has 0 atom stereocenters. The zero-order valence-electron chi connectivity index (χ0n) is 24.6. The minimum Gasteiger partial charge on any atom is -0.455 e. The van der Waals surface area contributed by atoms with Crippen LogP contribution in [0.3, 0.4) is 0 Å². The molecule has 6 rings (SSSR count). The summed E-state index contributed by atoms with van der Waals surface area (Å²) in [7, 11) is 0.544. The summed E-state index contributed by atoms with van der Waals surface area (Å²) in [6, 6.07) is 15.2. The van der Waals surface area contributed by atoms with Crippen LogP contribution in [0.5, 0.6) is 0 Å². The van der Waals surface area contributed by atoms with Crippen molar-refractivity contribution in [2.75, 3.05) is 24.7 Å². The number of aryl methyl sites for hydroxylation is 1. The number of hydrogen-bond acceptors (Lipinski definition) is 6. The molecule has 3 aromatic carbocycles. The highest BCUT2D eigenvalue weighted by Gasteiger charge is 2.27. The van der Waals surface area contributed by atoms with Crippen molar-refractivity contribution in [1.82, 2.24) is 19.9 Å². The lowest BCUT2D eigenvalue weighted by atomic mass is 10.0.